The molecule has 0 radical (unpaired) electrons. The minimum atomic E-state index is -0.203. The monoisotopic (exact) mass is 302 g/mol. The minimum Gasteiger partial charge on any atom is -0.394 e. The van der Waals surface area contributed by atoms with E-state index in [1.807, 2.05) is 35.1 Å². The number of hydrogen-bond donors (Lipinski definition) is 2. The highest BCUT2D eigenvalue weighted by Crippen LogP contribution is 2.07. The van der Waals surface area contributed by atoms with Crippen LogP contribution < -0.4 is 5.32 Å². The molecule has 0 saturated heterocycles. The van der Waals surface area contributed by atoms with Gasteiger partial charge in [0, 0.05) is 26.0 Å². The summed E-state index contributed by atoms with van der Waals surface area (Å²) in [5.74, 6) is 0. The van der Waals surface area contributed by atoms with Gasteiger partial charge < -0.3 is 15.3 Å². The average Bonchev–Trinajstić information content (AvgIpc) is 3.04. The third-order valence-corrected chi connectivity index (χ3v) is 3.58. The molecule has 0 saturated carbocycles. The van der Waals surface area contributed by atoms with E-state index in [2.05, 4.69) is 16.5 Å². The van der Waals surface area contributed by atoms with Crippen molar-refractivity contribution in [3.05, 3.63) is 53.9 Å². The number of likely N-dealkylation sites (N-methyl/N-ethyl adjacent to an activating group) is 1. The van der Waals surface area contributed by atoms with Crippen LogP contribution >= 0.6 is 0 Å². The number of rotatable bonds is 6. The standard InChI is InChI=1S/C16H22N4O2/c1-13(12-21)19(2)16(22)17-10-14-5-3-6-15(9-14)11-20-8-4-7-18-20/h3-9,13,21H,10-12H2,1-2H3,(H,17,22). The Kier molecular flexibility index (Phi) is 5.55. The molecule has 1 aromatic carbocycles. The molecule has 2 amide bonds. The Labute approximate surface area is 130 Å². The van der Waals surface area contributed by atoms with Gasteiger partial charge in [-0.2, -0.15) is 5.10 Å². The van der Waals surface area contributed by atoms with Crippen molar-refractivity contribution in [3.63, 3.8) is 0 Å². The lowest BCUT2D eigenvalue weighted by Gasteiger charge is -2.23. The van der Waals surface area contributed by atoms with Gasteiger partial charge >= 0.3 is 6.03 Å². The second-order valence-electron chi connectivity index (χ2n) is 5.32. The summed E-state index contributed by atoms with van der Waals surface area (Å²) in [5, 5.41) is 16.1. The highest BCUT2D eigenvalue weighted by molar-refractivity contribution is 5.74. The summed E-state index contributed by atoms with van der Waals surface area (Å²) < 4.78 is 1.86. The van der Waals surface area contributed by atoms with Crippen molar-refractivity contribution in [1.29, 1.82) is 0 Å². The van der Waals surface area contributed by atoms with Crippen molar-refractivity contribution in [2.45, 2.75) is 26.1 Å². The number of aromatic nitrogens is 2. The van der Waals surface area contributed by atoms with Crippen molar-refractivity contribution in [1.82, 2.24) is 20.0 Å². The first-order chi connectivity index (χ1) is 10.6. The fraction of sp³-hybridized carbons (Fsp3) is 0.375. The van der Waals surface area contributed by atoms with Crippen molar-refractivity contribution in [2.24, 2.45) is 0 Å². The third kappa shape index (κ3) is 4.33. The molecule has 1 unspecified atom stereocenters. The number of aliphatic hydroxyl groups is 1. The van der Waals surface area contributed by atoms with Crippen LogP contribution in [0.25, 0.3) is 0 Å². The highest BCUT2D eigenvalue weighted by Gasteiger charge is 2.14. The first kappa shape index (κ1) is 16.0. The number of carbonyl (C=O) groups excluding carboxylic acids is 1. The molecular formula is C16H22N4O2. The maximum atomic E-state index is 11.9. The van der Waals surface area contributed by atoms with Crippen LogP contribution in [0.15, 0.2) is 42.7 Å². The van der Waals surface area contributed by atoms with Crippen LogP contribution in [0, 0.1) is 0 Å². The lowest BCUT2D eigenvalue weighted by Crippen LogP contribution is -2.43. The predicted molar refractivity (Wildman–Crippen MR) is 84.3 cm³/mol. The Morgan fingerprint density at radius 1 is 1.41 bits per heavy atom. The maximum absolute atomic E-state index is 11.9. The Morgan fingerprint density at radius 2 is 2.18 bits per heavy atom. The SMILES string of the molecule is CC(CO)N(C)C(=O)NCc1cccc(Cn2cccn2)c1. The molecule has 2 aromatic rings. The van der Waals surface area contributed by atoms with E-state index in [9.17, 15) is 4.79 Å². The molecule has 118 valence electrons. The van der Waals surface area contributed by atoms with Gasteiger partial charge in [0.05, 0.1) is 19.2 Å². The molecule has 0 aliphatic carbocycles. The van der Waals surface area contributed by atoms with Crippen LogP contribution in [-0.4, -0.2) is 45.5 Å². The summed E-state index contributed by atoms with van der Waals surface area (Å²) in [6.45, 7) is 2.90. The molecule has 0 spiro atoms. The molecule has 0 aliphatic rings. The Bertz CT molecular complexity index is 598. The first-order valence-corrected chi connectivity index (χ1v) is 7.27. The number of urea groups is 1. The summed E-state index contributed by atoms with van der Waals surface area (Å²) in [4.78, 5) is 13.4. The van der Waals surface area contributed by atoms with Gasteiger partial charge in [-0.1, -0.05) is 24.3 Å². The zero-order valence-electron chi connectivity index (χ0n) is 12.9. The van der Waals surface area contributed by atoms with Crippen LogP contribution in [0.4, 0.5) is 4.79 Å². The topological polar surface area (TPSA) is 70.4 Å². The minimum absolute atomic E-state index is 0.0523. The van der Waals surface area contributed by atoms with Crippen LogP contribution in [0.1, 0.15) is 18.1 Å². The first-order valence-electron chi connectivity index (χ1n) is 7.27. The predicted octanol–water partition coefficient (Wildman–Crippen LogP) is 1.45. The van der Waals surface area contributed by atoms with Gasteiger partial charge in [0.1, 0.15) is 0 Å². The summed E-state index contributed by atoms with van der Waals surface area (Å²) in [6, 6.07) is 9.53. The van der Waals surface area contributed by atoms with E-state index >= 15 is 0 Å². The van der Waals surface area contributed by atoms with Crippen LogP contribution in [-0.2, 0) is 13.1 Å². The van der Waals surface area contributed by atoms with Crippen molar-refractivity contribution in [2.75, 3.05) is 13.7 Å². The molecule has 0 fully saturated rings. The van der Waals surface area contributed by atoms with E-state index in [-0.39, 0.29) is 18.7 Å². The summed E-state index contributed by atoms with van der Waals surface area (Å²) in [5.41, 5.74) is 2.16. The van der Waals surface area contributed by atoms with Gasteiger partial charge in [0.15, 0.2) is 0 Å². The second-order valence-corrected chi connectivity index (χ2v) is 5.32. The summed E-state index contributed by atoms with van der Waals surface area (Å²) >= 11 is 0. The van der Waals surface area contributed by atoms with Gasteiger partial charge in [-0.25, -0.2) is 4.79 Å². The fourth-order valence-corrected chi connectivity index (χ4v) is 2.04. The summed E-state index contributed by atoms with van der Waals surface area (Å²) in [7, 11) is 1.67. The van der Waals surface area contributed by atoms with Crippen LogP contribution in [0.5, 0.6) is 0 Å². The molecule has 1 aromatic heterocycles. The van der Waals surface area contributed by atoms with Gasteiger partial charge in [-0.05, 0) is 24.1 Å². The smallest absolute Gasteiger partial charge is 0.317 e. The van der Waals surface area contributed by atoms with Crippen molar-refractivity contribution >= 4 is 6.03 Å². The molecule has 0 bridgehead atoms. The van der Waals surface area contributed by atoms with Gasteiger partial charge in [0.25, 0.3) is 0 Å². The Hall–Kier alpha value is -2.34. The Balaban J connectivity index is 1.92. The normalized spacial score (nSPS) is 12.0. The lowest BCUT2D eigenvalue weighted by molar-refractivity contribution is 0.157. The van der Waals surface area contributed by atoms with E-state index in [1.54, 1.807) is 20.2 Å². The third-order valence-electron chi connectivity index (χ3n) is 3.58. The largest absolute Gasteiger partial charge is 0.394 e. The number of aliphatic hydroxyl groups excluding tert-OH is 1. The molecule has 1 atom stereocenters. The molecular weight excluding hydrogens is 280 g/mol. The van der Waals surface area contributed by atoms with Gasteiger partial charge in [0.2, 0.25) is 0 Å². The quantitative estimate of drug-likeness (QED) is 0.848. The number of benzene rings is 1. The van der Waals surface area contributed by atoms with E-state index in [1.165, 1.54) is 4.90 Å². The molecule has 6 nitrogen and oxygen atoms in total. The maximum Gasteiger partial charge on any atom is 0.317 e. The van der Waals surface area contributed by atoms with Gasteiger partial charge in [-0.15, -0.1) is 0 Å². The zero-order chi connectivity index (χ0) is 15.9. The fourth-order valence-electron chi connectivity index (χ4n) is 2.04. The molecule has 2 N–H and O–H groups in total. The average molecular weight is 302 g/mol. The van der Waals surface area contributed by atoms with Crippen LogP contribution in [0.3, 0.4) is 0 Å². The van der Waals surface area contributed by atoms with E-state index < -0.39 is 0 Å². The van der Waals surface area contributed by atoms with E-state index in [4.69, 9.17) is 5.11 Å². The molecule has 6 heteroatoms. The van der Waals surface area contributed by atoms with Gasteiger partial charge in [-0.3, -0.25) is 4.68 Å². The number of hydrogen-bond acceptors (Lipinski definition) is 3. The van der Waals surface area contributed by atoms with E-state index in [0.29, 0.717) is 13.1 Å². The molecule has 22 heavy (non-hydrogen) atoms. The number of nitrogens with zero attached hydrogens (tertiary/aromatic N) is 3. The number of carbonyl (C=O) groups is 1. The zero-order valence-corrected chi connectivity index (χ0v) is 12.9. The number of amides is 2. The van der Waals surface area contributed by atoms with Crippen molar-refractivity contribution in [3.8, 4) is 0 Å². The second kappa shape index (κ2) is 7.61. The molecule has 0 aliphatic heterocycles. The summed E-state index contributed by atoms with van der Waals surface area (Å²) in [6.07, 6.45) is 3.67. The lowest BCUT2D eigenvalue weighted by atomic mass is 10.1. The van der Waals surface area contributed by atoms with Crippen LogP contribution in [0.2, 0.25) is 0 Å². The molecule has 2 rings (SSSR count). The Morgan fingerprint density at radius 3 is 2.86 bits per heavy atom. The number of nitrogens with one attached hydrogen (secondary N) is 1. The molecule has 1 heterocycles. The van der Waals surface area contributed by atoms with E-state index in [0.717, 1.165) is 11.1 Å². The highest BCUT2D eigenvalue weighted by atomic mass is 16.3. The van der Waals surface area contributed by atoms with Crippen molar-refractivity contribution < 1.29 is 9.90 Å².